The van der Waals surface area contributed by atoms with Crippen LogP contribution in [0.2, 0.25) is 0 Å². The van der Waals surface area contributed by atoms with E-state index in [0.29, 0.717) is 11.7 Å². The first kappa shape index (κ1) is 20.0. The molecule has 1 fully saturated rings. The van der Waals surface area contributed by atoms with Crippen LogP contribution in [0.5, 0.6) is 5.75 Å². The number of benzene rings is 1. The molecule has 1 aliphatic heterocycles. The predicted molar refractivity (Wildman–Crippen MR) is 99.8 cm³/mol. The van der Waals surface area contributed by atoms with E-state index in [4.69, 9.17) is 10.5 Å². The number of hydrogen-bond acceptors (Lipinski definition) is 3. The number of aliphatic imine (C=N–C) groups is 1. The van der Waals surface area contributed by atoms with Gasteiger partial charge in [-0.05, 0) is 37.1 Å². The zero-order valence-corrected chi connectivity index (χ0v) is 15.5. The largest absolute Gasteiger partial charge is 0.491 e. The highest BCUT2D eigenvalue weighted by Gasteiger charge is 2.12. The lowest BCUT2D eigenvalue weighted by Gasteiger charge is -2.21. The highest BCUT2D eigenvalue weighted by molar-refractivity contribution is 14.0. The molecule has 0 radical (unpaired) electrons. The molecule has 0 aliphatic carbocycles. The van der Waals surface area contributed by atoms with Crippen LogP contribution in [0, 0.1) is 5.82 Å². The molecular weight excluding hydrogens is 412 g/mol. The minimum atomic E-state index is -0.740. The fourth-order valence-electron chi connectivity index (χ4n) is 2.37. The van der Waals surface area contributed by atoms with Gasteiger partial charge in [-0.15, -0.1) is 24.0 Å². The summed E-state index contributed by atoms with van der Waals surface area (Å²) in [5.74, 6) is 0.690. The summed E-state index contributed by atoms with van der Waals surface area (Å²) < 4.78 is 18.1. The lowest BCUT2D eigenvalue weighted by molar-refractivity contribution is 0.114. The normalized spacial score (nSPS) is 17.1. The second-order valence-corrected chi connectivity index (χ2v) is 5.52. The Morgan fingerprint density at radius 3 is 2.43 bits per heavy atom. The summed E-state index contributed by atoms with van der Waals surface area (Å²) in [4.78, 5) is 6.32. The Balaban J connectivity index is 0.00000264. The molecule has 1 saturated heterocycles. The molecule has 1 aromatic carbocycles. The first-order valence-corrected chi connectivity index (χ1v) is 7.76. The summed E-state index contributed by atoms with van der Waals surface area (Å²) in [5.41, 5.74) is 5.97. The molecule has 5 nitrogen and oxygen atoms in total. The van der Waals surface area contributed by atoms with Crippen LogP contribution in [-0.2, 0) is 0 Å². The van der Waals surface area contributed by atoms with Gasteiger partial charge in [0.1, 0.15) is 24.3 Å². The van der Waals surface area contributed by atoms with Crippen LogP contribution >= 0.6 is 24.0 Å². The fraction of sp³-hybridized carbons (Fsp3) is 0.562. The summed E-state index contributed by atoms with van der Waals surface area (Å²) in [5, 5.41) is 9.89. The maximum Gasteiger partial charge on any atom is 0.191 e. The number of aliphatic hydroxyl groups excluding tert-OH is 1. The summed E-state index contributed by atoms with van der Waals surface area (Å²) in [6.07, 6.45) is 3.99. The van der Waals surface area contributed by atoms with Crippen molar-refractivity contribution < 1.29 is 14.2 Å². The summed E-state index contributed by atoms with van der Waals surface area (Å²) in [7, 11) is 0. The third-order valence-corrected chi connectivity index (χ3v) is 3.65. The summed E-state index contributed by atoms with van der Waals surface area (Å²) in [6.45, 7) is 2.15. The van der Waals surface area contributed by atoms with E-state index in [2.05, 4.69) is 9.89 Å². The number of ether oxygens (including phenoxy) is 1. The Hall–Kier alpha value is -1.09. The van der Waals surface area contributed by atoms with E-state index >= 15 is 0 Å². The van der Waals surface area contributed by atoms with E-state index in [1.54, 1.807) is 0 Å². The number of halogens is 2. The van der Waals surface area contributed by atoms with Gasteiger partial charge in [0.15, 0.2) is 5.96 Å². The average Bonchev–Trinajstić information content (AvgIpc) is 2.81. The quantitative estimate of drug-likeness (QED) is 0.422. The van der Waals surface area contributed by atoms with Crippen LogP contribution in [0.1, 0.15) is 25.7 Å². The van der Waals surface area contributed by atoms with Crippen molar-refractivity contribution in [1.82, 2.24) is 4.90 Å². The molecule has 2 rings (SSSR count). The summed E-state index contributed by atoms with van der Waals surface area (Å²) >= 11 is 0. The van der Waals surface area contributed by atoms with Crippen molar-refractivity contribution >= 4 is 29.9 Å². The first-order valence-electron chi connectivity index (χ1n) is 7.76. The molecule has 7 heteroatoms. The molecule has 0 amide bonds. The number of likely N-dealkylation sites (tertiary alicyclic amines) is 1. The highest BCUT2D eigenvalue weighted by atomic mass is 127. The van der Waals surface area contributed by atoms with Gasteiger partial charge in [-0.25, -0.2) is 4.39 Å². The van der Waals surface area contributed by atoms with Gasteiger partial charge < -0.3 is 20.5 Å². The molecule has 0 saturated carbocycles. The van der Waals surface area contributed by atoms with Crippen molar-refractivity contribution in [2.45, 2.75) is 31.8 Å². The molecular formula is C16H25FIN3O2. The maximum atomic E-state index is 12.8. The van der Waals surface area contributed by atoms with Gasteiger partial charge in [-0.3, -0.25) is 4.99 Å². The maximum absolute atomic E-state index is 12.8. The minimum Gasteiger partial charge on any atom is -0.491 e. The molecule has 1 unspecified atom stereocenters. The van der Waals surface area contributed by atoms with Gasteiger partial charge in [-0.1, -0.05) is 12.8 Å². The number of nitrogens with two attached hydrogens (primary N) is 1. The molecule has 0 bridgehead atoms. The predicted octanol–water partition coefficient (Wildman–Crippen LogP) is 2.37. The Kier molecular flexibility index (Phi) is 9.23. The van der Waals surface area contributed by atoms with E-state index in [-0.39, 0.29) is 42.9 Å². The zero-order valence-electron chi connectivity index (χ0n) is 13.2. The SMILES string of the molecule is I.NC(=NCC(O)COc1ccc(F)cc1)N1CCCCCC1. The van der Waals surface area contributed by atoms with E-state index in [9.17, 15) is 9.50 Å². The van der Waals surface area contributed by atoms with Crippen molar-refractivity contribution in [2.24, 2.45) is 10.7 Å². The van der Waals surface area contributed by atoms with Crippen LogP contribution in [0.4, 0.5) is 4.39 Å². The molecule has 1 aromatic rings. The third-order valence-electron chi connectivity index (χ3n) is 3.65. The monoisotopic (exact) mass is 437 g/mol. The minimum absolute atomic E-state index is 0. The summed E-state index contributed by atoms with van der Waals surface area (Å²) in [6, 6.07) is 5.68. The third kappa shape index (κ3) is 7.34. The lowest BCUT2D eigenvalue weighted by Crippen LogP contribution is -2.38. The fourth-order valence-corrected chi connectivity index (χ4v) is 2.37. The van der Waals surface area contributed by atoms with Crippen LogP contribution in [0.25, 0.3) is 0 Å². The van der Waals surface area contributed by atoms with Gasteiger partial charge in [-0.2, -0.15) is 0 Å². The van der Waals surface area contributed by atoms with Crippen LogP contribution in [0.15, 0.2) is 29.3 Å². The molecule has 0 aromatic heterocycles. The van der Waals surface area contributed by atoms with Gasteiger partial charge >= 0.3 is 0 Å². The number of hydrogen-bond donors (Lipinski definition) is 2. The van der Waals surface area contributed by atoms with E-state index in [1.807, 2.05) is 0 Å². The van der Waals surface area contributed by atoms with Gasteiger partial charge in [0.25, 0.3) is 0 Å². The van der Waals surface area contributed by atoms with Crippen LogP contribution < -0.4 is 10.5 Å². The lowest BCUT2D eigenvalue weighted by atomic mass is 10.2. The van der Waals surface area contributed by atoms with Gasteiger partial charge in [0.2, 0.25) is 0 Å². The van der Waals surface area contributed by atoms with Crippen molar-refractivity contribution in [3.05, 3.63) is 30.1 Å². The number of guanidine groups is 1. The molecule has 1 heterocycles. The molecule has 0 spiro atoms. The molecule has 1 aliphatic rings. The van der Waals surface area contributed by atoms with Gasteiger partial charge in [0, 0.05) is 13.1 Å². The molecule has 1 atom stereocenters. The zero-order chi connectivity index (χ0) is 15.8. The topological polar surface area (TPSA) is 71.1 Å². The molecule has 3 N–H and O–H groups in total. The van der Waals surface area contributed by atoms with Crippen LogP contribution in [0.3, 0.4) is 0 Å². The molecule has 130 valence electrons. The highest BCUT2D eigenvalue weighted by Crippen LogP contribution is 2.11. The first-order chi connectivity index (χ1) is 10.6. The van der Waals surface area contributed by atoms with E-state index in [1.165, 1.54) is 37.1 Å². The van der Waals surface area contributed by atoms with Crippen molar-refractivity contribution in [2.75, 3.05) is 26.2 Å². The molecule has 23 heavy (non-hydrogen) atoms. The van der Waals surface area contributed by atoms with Crippen molar-refractivity contribution in [3.63, 3.8) is 0 Å². The number of aliphatic hydroxyl groups is 1. The second-order valence-electron chi connectivity index (χ2n) is 5.52. The van der Waals surface area contributed by atoms with Crippen molar-refractivity contribution in [3.8, 4) is 5.75 Å². The Morgan fingerprint density at radius 2 is 1.83 bits per heavy atom. The standard InChI is InChI=1S/C16H24FN3O2.HI/c17-13-5-7-15(8-6-13)22-12-14(21)11-19-16(18)20-9-3-1-2-4-10-20;/h5-8,14,21H,1-4,9-12H2,(H2,18,19);1H. The Bertz CT molecular complexity index is 477. The van der Waals surface area contributed by atoms with E-state index in [0.717, 1.165) is 25.9 Å². The van der Waals surface area contributed by atoms with Crippen LogP contribution in [-0.4, -0.2) is 48.3 Å². The Morgan fingerprint density at radius 1 is 1.22 bits per heavy atom. The smallest absolute Gasteiger partial charge is 0.191 e. The number of rotatable bonds is 5. The second kappa shape index (κ2) is 10.6. The Labute approximate surface area is 153 Å². The van der Waals surface area contributed by atoms with Gasteiger partial charge in [0.05, 0.1) is 6.54 Å². The van der Waals surface area contributed by atoms with E-state index < -0.39 is 6.10 Å². The average molecular weight is 437 g/mol. The van der Waals surface area contributed by atoms with Crippen molar-refractivity contribution in [1.29, 1.82) is 0 Å². The number of nitrogens with zero attached hydrogens (tertiary/aromatic N) is 2.